The lowest BCUT2D eigenvalue weighted by molar-refractivity contribution is 0.0950. The number of anilines is 1. The first-order valence-electron chi connectivity index (χ1n) is 6.53. The van der Waals surface area contributed by atoms with Crippen molar-refractivity contribution in [3.05, 3.63) is 41.0 Å². The third kappa shape index (κ3) is 2.96. The minimum absolute atomic E-state index is 0.173. The number of nitrogen functional groups attached to an aromatic ring is 1. The van der Waals surface area contributed by atoms with E-state index in [1.54, 1.807) is 23.9 Å². The fraction of sp³-hybridized carbons (Fsp3) is 0.357. The van der Waals surface area contributed by atoms with E-state index >= 15 is 0 Å². The van der Waals surface area contributed by atoms with E-state index in [1.807, 2.05) is 20.2 Å². The van der Waals surface area contributed by atoms with Crippen molar-refractivity contribution in [1.29, 1.82) is 0 Å². The number of nitrogens with zero attached hydrogens (tertiary/aromatic N) is 3. The van der Waals surface area contributed by atoms with Gasteiger partial charge in [-0.2, -0.15) is 5.10 Å². The molecule has 2 rings (SSSR count). The molecule has 0 aliphatic rings. The fourth-order valence-corrected chi connectivity index (χ4v) is 2.08. The van der Waals surface area contributed by atoms with E-state index in [4.69, 9.17) is 5.73 Å². The number of nitrogens with one attached hydrogen (secondary N) is 1. The van der Waals surface area contributed by atoms with Gasteiger partial charge in [-0.1, -0.05) is 6.92 Å². The van der Waals surface area contributed by atoms with Crippen molar-refractivity contribution < 1.29 is 4.79 Å². The van der Waals surface area contributed by atoms with E-state index in [1.165, 1.54) is 0 Å². The second-order valence-corrected chi connectivity index (χ2v) is 4.71. The van der Waals surface area contributed by atoms with Gasteiger partial charge in [-0.15, -0.1) is 0 Å². The van der Waals surface area contributed by atoms with Crippen molar-refractivity contribution in [2.24, 2.45) is 7.05 Å². The van der Waals surface area contributed by atoms with E-state index in [9.17, 15) is 4.79 Å². The normalized spacial score (nSPS) is 10.6. The molecule has 0 bridgehead atoms. The van der Waals surface area contributed by atoms with Crippen LogP contribution in [0.3, 0.4) is 0 Å². The van der Waals surface area contributed by atoms with Crippen LogP contribution >= 0.6 is 0 Å². The van der Waals surface area contributed by atoms with Crippen LogP contribution in [0.15, 0.2) is 18.5 Å². The topological polar surface area (TPSA) is 85.8 Å². The van der Waals surface area contributed by atoms with E-state index < -0.39 is 0 Å². The lowest BCUT2D eigenvalue weighted by Gasteiger charge is -2.07. The maximum Gasteiger partial charge on any atom is 0.253 e. The standard InChI is InChI=1S/C14H19N5O/c1-4-13-10(8-19(3)18-13)6-17-14(20)12-5-11(15)7-16-9(12)2/h5,7-8H,4,6,15H2,1-3H3,(H,17,20). The molecule has 6 nitrogen and oxygen atoms in total. The Hall–Kier alpha value is -2.37. The van der Waals surface area contributed by atoms with Crippen molar-refractivity contribution in [3.63, 3.8) is 0 Å². The molecule has 20 heavy (non-hydrogen) atoms. The number of carbonyl (C=O) groups is 1. The summed E-state index contributed by atoms with van der Waals surface area (Å²) in [6.45, 7) is 4.28. The van der Waals surface area contributed by atoms with Gasteiger partial charge in [-0.05, 0) is 19.4 Å². The summed E-state index contributed by atoms with van der Waals surface area (Å²) in [6.07, 6.45) is 4.30. The Kier molecular flexibility index (Phi) is 4.02. The Morgan fingerprint density at radius 3 is 2.95 bits per heavy atom. The lowest BCUT2D eigenvalue weighted by Crippen LogP contribution is -2.24. The Morgan fingerprint density at radius 1 is 1.50 bits per heavy atom. The average molecular weight is 273 g/mol. The van der Waals surface area contributed by atoms with Gasteiger partial charge in [0.25, 0.3) is 5.91 Å². The van der Waals surface area contributed by atoms with Crippen LogP contribution in [0.25, 0.3) is 0 Å². The molecule has 0 unspecified atom stereocenters. The monoisotopic (exact) mass is 273 g/mol. The summed E-state index contributed by atoms with van der Waals surface area (Å²) in [7, 11) is 1.87. The van der Waals surface area contributed by atoms with Crippen molar-refractivity contribution in [2.75, 3.05) is 5.73 Å². The summed E-state index contributed by atoms with van der Waals surface area (Å²) in [5.41, 5.74) is 9.34. The van der Waals surface area contributed by atoms with Crippen LogP contribution in [0.1, 0.15) is 34.2 Å². The van der Waals surface area contributed by atoms with Crippen molar-refractivity contribution in [2.45, 2.75) is 26.8 Å². The predicted molar refractivity (Wildman–Crippen MR) is 77.1 cm³/mol. The number of rotatable bonds is 4. The molecule has 2 aromatic rings. The third-order valence-electron chi connectivity index (χ3n) is 3.12. The number of amides is 1. The maximum atomic E-state index is 12.2. The third-order valence-corrected chi connectivity index (χ3v) is 3.12. The molecule has 2 heterocycles. The summed E-state index contributed by atoms with van der Waals surface area (Å²) in [5, 5.41) is 7.23. The van der Waals surface area contributed by atoms with Gasteiger partial charge in [-0.3, -0.25) is 14.5 Å². The van der Waals surface area contributed by atoms with Crippen LogP contribution in [0.2, 0.25) is 0 Å². The molecule has 0 aliphatic carbocycles. The summed E-state index contributed by atoms with van der Waals surface area (Å²) < 4.78 is 1.76. The molecule has 6 heteroatoms. The Labute approximate surface area is 118 Å². The number of hydrogen-bond acceptors (Lipinski definition) is 4. The van der Waals surface area contributed by atoms with Gasteiger partial charge in [0.05, 0.1) is 28.8 Å². The molecule has 106 valence electrons. The smallest absolute Gasteiger partial charge is 0.253 e. The zero-order valence-corrected chi connectivity index (χ0v) is 12.0. The van der Waals surface area contributed by atoms with Crippen LogP contribution in [-0.2, 0) is 20.0 Å². The highest BCUT2D eigenvalue weighted by atomic mass is 16.1. The largest absolute Gasteiger partial charge is 0.397 e. The first kappa shape index (κ1) is 14.0. The van der Waals surface area contributed by atoms with E-state index in [0.717, 1.165) is 17.7 Å². The van der Waals surface area contributed by atoms with Crippen LogP contribution in [-0.4, -0.2) is 20.7 Å². The van der Waals surface area contributed by atoms with Gasteiger partial charge in [0.15, 0.2) is 0 Å². The molecular weight excluding hydrogens is 254 g/mol. The molecule has 0 aliphatic heterocycles. The average Bonchev–Trinajstić information content (AvgIpc) is 2.79. The zero-order valence-electron chi connectivity index (χ0n) is 12.0. The number of aryl methyl sites for hydroxylation is 3. The molecule has 1 amide bonds. The highest BCUT2D eigenvalue weighted by Crippen LogP contribution is 2.11. The molecule has 0 saturated carbocycles. The second kappa shape index (κ2) is 5.73. The van der Waals surface area contributed by atoms with Crippen LogP contribution in [0.4, 0.5) is 5.69 Å². The molecule has 3 N–H and O–H groups in total. The highest BCUT2D eigenvalue weighted by Gasteiger charge is 2.12. The summed E-state index contributed by atoms with van der Waals surface area (Å²) in [4.78, 5) is 16.3. The number of hydrogen-bond donors (Lipinski definition) is 2. The Balaban J connectivity index is 2.10. The van der Waals surface area contributed by atoms with E-state index in [0.29, 0.717) is 23.5 Å². The van der Waals surface area contributed by atoms with E-state index in [2.05, 4.69) is 15.4 Å². The fourth-order valence-electron chi connectivity index (χ4n) is 2.08. The number of nitrogens with two attached hydrogens (primary N) is 1. The molecular formula is C14H19N5O. The summed E-state index contributed by atoms with van der Waals surface area (Å²) >= 11 is 0. The Bertz CT molecular complexity index is 632. The Morgan fingerprint density at radius 2 is 2.25 bits per heavy atom. The van der Waals surface area contributed by atoms with E-state index in [-0.39, 0.29) is 5.91 Å². The number of aromatic nitrogens is 3. The molecule has 2 aromatic heterocycles. The summed E-state index contributed by atoms with van der Waals surface area (Å²) in [5.74, 6) is -0.173. The molecule has 0 spiro atoms. The van der Waals surface area contributed by atoms with Gasteiger partial charge in [0, 0.05) is 25.4 Å². The molecule has 0 radical (unpaired) electrons. The van der Waals surface area contributed by atoms with Gasteiger partial charge in [0.2, 0.25) is 0 Å². The molecule has 0 saturated heterocycles. The second-order valence-electron chi connectivity index (χ2n) is 4.71. The number of pyridine rings is 1. The van der Waals surface area contributed by atoms with Gasteiger partial charge in [0.1, 0.15) is 0 Å². The molecule has 0 fully saturated rings. The van der Waals surface area contributed by atoms with Crippen LogP contribution < -0.4 is 11.1 Å². The minimum atomic E-state index is -0.173. The van der Waals surface area contributed by atoms with Crippen LogP contribution in [0, 0.1) is 6.92 Å². The highest BCUT2D eigenvalue weighted by molar-refractivity contribution is 5.95. The zero-order chi connectivity index (χ0) is 14.7. The lowest BCUT2D eigenvalue weighted by atomic mass is 10.1. The minimum Gasteiger partial charge on any atom is -0.397 e. The summed E-state index contributed by atoms with van der Waals surface area (Å²) in [6, 6.07) is 1.64. The SMILES string of the molecule is CCc1nn(C)cc1CNC(=O)c1cc(N)cnc1C. The van der Waals surface area contributed by atoms with Gasteiger partial charge in [-0.25, -0.2) is 0 Å². The van der Waals surface area contributed by atoms with Crippen molar-refractivity contribution in [1.82, 2.24) is 20.1 Å². The number of carbonyl (C=O) groups excluding carboxylic acids is 1. The quantitative estimate of drug-likeness (QED) is 0.876. The first-order chi connectivity index (χ1) is 9.51. The van der Waals surface area contributed by atoms with Crippen LogP contribution in [0.5, 0.6) is 0 Å². The first-order valence-corrected chi connectivity index (χ1v) is 6.53. The van der Waals surface area contributed by atoms with Gasteiger partial charge < -0.3 is 11.1 Å². The molecule has 0 aromatic carbocycles. The van der Waals surface area contributed by atoms with Crippen molar-refractivity contribution >= 4 is 11.6 Å². The molecule has 0 atom stereocenters. The maximum absolute atomic E-state index is 12.2. The predicted octanol–water partition coefficient (Wildman–Crippen LogP) is 1.20. The van der Waals surface area contributed by atoms with Gasteiger partial charge >= 0.3 is 0 Å². The van der Waals surface area contributed by atoms with Crippen molar-refractivity contribution in [3.8, 4) is 0 Å².